The third-order valence-corrected chi connectivity index (χ3v) is 13.2. The zero-order chi connectivity index (χ0) is 45.8. The quantitative estimate of drug-likeness (QED) is 0.0362. The van der Waals surface area contributed by atoms with E-state index in [4.69, 9.17) is 0 Å². The van der Waals surface area contributed by atoms with Crippen molar-refractivity contribution in [2.75, 3.05) is 6.61 Å². The second kappa shape index (κ2) is 53.2. The number of carbonyl (C=O) groups is 1. The Balaban J connectivity index is 3.58. The van der Waals surface area contributed by atoms with Crippen molar-refractivity contribution in [3.8, 4) is 0 Å². The Hall–Kier alpha value is -1.43. The lowest BCUT2D eigenvalue weighted by molar-refractivity contribution is -0.124. The van der Waals surface area contributed by atoms with E-state index in [0.29, 0.717) is 12.8 Å². The molecule has 0 radical (unpaired) electrons. The van der Waals surface area contributed by atoms with Crippen LogP contribution >= 0.6 is 0 Å². The van der Waals surface area contributed by atoms with E-state index in [-0.39, 0.29) is 12.5 Å². The zero-order valence-corrected chi connectivity index (χ0v) is 42.5. The van der Waals surface area contributed by atoms with Gasteiger partial charge in [-0.3, -0.25) is 4.79 Å². The maximum atomic E-state index is 12.5. The first kappa shape index (κ1) is 61.6. The summed E-state index contributed by atoms with van der Waals surface area (Å²) < 4.78 is 0. The molecule has 0 aromatic heterocycles. The van der Waals surface area contributed by atoms with Crippen LogP contribution in [0.5, 0.6) is 0 Å². The van der Waals surface area contributed by atoms with Crippen LogP contribution in [-0.4, -0.2) is 46.1 Å². The van der Waals surface area contributed by atoms with Gasteiger partial charge in [-0.25, -0.2) is 0 Å². The van der Waals surface area contributed by atoms with Crippen LogP contribution in [0.1, 0.15) is 303 Å². The Morgan fingerprint density at radius 1 is 0.397 bits per heavy atom. The second-order valence-electron chi connectivity index (χ2n) is 19.5. The Kier molecular flexibility index (Phi) is 52.0. The van der Waals surface area contributed by atoms with Crippen LogP contribution < -0.4 is 5.32 Å². The summed E-state index contributed by atoms with van der Waals surface area (Å²) in [6.45, 7) is 4.20. The van der Waals surface area contributed by atoms with E-state index >= 15 is 0 Å². The van der Waals surface area contributed by atoms with E-state index in [2.05, 4.69) is 55.6 Å². The number of hydrogen-bond acceptors (Lipinski definition) is 4. The SMILES string of the molecule is CCCCCCCCCCC/C=C\C/C=C\CCCCCCCCCCCCCC(=O)NC(CO)C(O)C(O)CCC/C=C/CCCCCCCCCCCCCCCCCCC. The minimum atomic E-state index is -1.16. The molecule has 0 rings (SSSR count). The zero-order valence-electron chi connectivity index (χ0n) is 42.5. The number of hydrogen-bond donors (Lipinski definition) is 4. The normalized spacial score (nSPS) is 13.5. The second-order valence-corrected chi connectivity index (χ2v) is 19.5. The monoisotopic (exact) mass is 886 g/mol. The molecule has 0 aromatic carbocycles. The van der Waals surface area contributed by atoms with Gasteiger partial charge in [-0.2, -0.15) is 0 Å². The summed E-state index contributed by atoms with van der Waals surface area (Å²) in [7, 11) is 0. The fourth-order valence-electron chi connectivity index (χ4n) is 8.84. The molecule has 5 heteroatoms. The molecular formula is C58H111NO4. The Morgan fingerprint density at radius 3 is 1.02 bits per heavy atom. The van der Waals surface area contributed by atoms with Crippen molar-refractivity contribution < 1.29 is 20.1 Å². The molecule has 372 valence electrons. The van der Waals surface area contributed by atoms with Crippen LogP contribution in [0.4, 0.5) is 0 Å². The molecule has 1 amide bonds. The van der Waals surface area contributed by atoms with Crippen molar-refractivity contribution >= 4 is 5.91 Å². The van der Waals surface area contributed by atoms with Crippen molar-refractivity contribution in [2.45, 2.75) is 321 Å². The predicted octanol–water partition coefficient (Wildman–Crippen LogP) is 17.4. The summed E-state index contributed by atoms with van der Waals surface area (Å²) >= 11 is 0. The maximum Gasteiger partial charge on any atom is 0.220 e. The third kappa shape index (κ3) is 48.3. The first-order valence-corrected chi connectivity index (χ1v) is 28.3. The Labute approximate surface area is 394 Å². The van der Waals surface area contributed by atoms with Crippen molar-refractivity contribution in [1.82, 2.24) is 5.32 Å². The third-order valence-electron chi connectivity index (χ3n) is 13.2. The molecule has 0 fully saturated rings. The van der Waals surface area contributed by atoms with Gasteiger partial charge in [-0.15, -0.1) is 0 Å². The van der Waals surface area contributed by atoms with Gasteiger partial charge in [0, 0.05) is 6.42 Å². The number of aliphatic hydroxyl groups is 3. The molecule has 0 aromatic rings. The largest absolute Gasteiger partial charge is 0.394 e. The highest BCUT2D eigenvalue weighted by Crippen LogP contribution is 2.17. The average Bonchev–Trinajstić information content (AvgIpc) is 3.29. The molecule has 0 bridgehead atoms. The van der Waals surface area contributed by atoms with Gasteiger partial charge in [0.15, 0.2) is 0 Å². The van der Waals surface area contributed by atoms with Gasteiger partial charge in [0.05, 0.1) is 18.8 Å². The first-order valence-electron chi connectivity index (χ1n) is 28.3. The molecule has 0 aliphatic heterocycles. The molecule has 3 atom stereocenters. The van der Waals surface area contributed by atoms with Gasteiger partial charge in [-0.05, 0) is 70.6 Å². The van der Waals surface area contributed by atoms with E-state index in [9.17, 15) is 20.1 Å². The minimum Gasteiger partial charge on any atom is -0.394 e. The maximum absolute atomic E-state index is 12.5. The fraction of sp³-hybridized carbons (Fsp3) is 0.879. The average molecular weight is 887 g/mol. The topological polar surface area (TPSA) is 89.8 Å². The number of amides is 1. The van der Waals surface area contributed by atoms with E-state index in [1.165, 1.54) is 231 Å². The molecule has 0 heterocycles. The number of nitrogens with one attached hydrogen (secondary N) is 1. The highest BCUT2D eigenvalue weighted by atomic mass is 16.3. The number of aliphatic hydroxyl groups excluding tert-OH is 3. The van der Waals surface area contributed by atoms with E-state index in [1.54, 1.807) is 0 Å². The van der Waals surface area contributed by atoms with E-state index in [1.807, 2.05) is 0 Å². The van der Waals surface area contributed by atoms with Crippen LogP contribution in [0.15, 0.2) is 36.5 Å². The number of carbonyl (C=O) groups excluding carboxylic acids is 1. The van der Waals surface area contributed by atoms with Gasteiger partial charge >= 0.3 is 0 Å². The molecule has 4 N–H and O–H groups in total. The molecule has 0 spiro atoms. The van der Waals surface area contributed by atoms with Crippen molar-refractivity contribution in [3.63, 3.8) is 0 Å². The minimum absolute atomic E-state index is 0.153. The molecule has 63 heavy (non-hydrogen) atoms. The molecule has 0 aliphatic rings. The molecule has 0 aliphatic carbocycles. The lowest BCUT2D eigenvalue weighted by Crippen LogP contribution is -2.50. The molecule has 0 saturated carbocycles. The van der Waals surface area contributed by atoms with Gasteiger partial charge < -0.3 is 20.6 Å². The molecule has 0 saturated heterocycles. The summed E-state index contributed by atoms with van der Waals surface area (Å²) in [5.41, 5.74) is 0. The van der Waals surface area contributed by atoms with Crippen molar-refractivity contribution in [3.05, 3.63) is 36.5 Å². The highest BCUT2D eigenvalue weighted by Gasteiger charge is 2.26. The standard InChI is InChI=1S/C58H111NO4/c1-3-5-7-9-11-13-15-17-19-21-23-25-27-28-29-30-31-33-35-37-39-41-43-45-47-49-51-53-57(62)59-55(54-60)58(63)56(61)52-50-48-46-44-42-40-38-36-34-32-26-24-22-20-18-16-14-12-10-8-6-4-2/h23,25,28-29,44,46,55-56,58,60-61,63H,3-22,24,26-27,30-43,45,47-54H2,1-2H3,(H,59,62)/b25-23-,29-28-,46-44+. The summed E-state index contributed by atoms with van der Waals surface area (Å²) in [5.74, 6) is -0.153. The summed E-state index contributed by atoms with van der Waals surface area (Å²) in [6.07, 6.45) is 68.7. The van der Waals surface area contributed by atoms with Crippen LogP contribution in [0.2, 0.25) is 0 Å². The first-order chi connectivity index (χ1) is 31.1. The van der Waals surface area contributed by atoms with Gasteiger partial charge in [0.25, 0.3) is 0 Å². The predicted molar refractivity (Wildman–Crippen MR) is 278 cm³/mol. The van der Waals surface area contributed by atoms with Gasteiger partial charge in [0.2, 0.25) is 5.91 Å². The lowest BCUT2D eigenvalue weighted by atomic mass is 10.0. The summed E-state index contributed by atoms with van der Waals surface area (Å²) in [4.78, 5) is 12.5. The van der Waals surface area contributed by atoms with Crippen LogP contribution in [0.25, 0.3) is 0 Å². The fourth-order valence-corrected chi connectivity index (χ4v) is 8.84. The molecular weight excluding hydrogens is 775 g/mol. The highest BCUT2D eigenvalue weighted by molar-refractivity contribution is 5.76. The smallest absolute Gasteiger partial charge is 0.220 e. The Bertz CT molecular complexity index is 978. The Morgan fingerprint density at radius 2 is 0.683 bits per heavy atom. The van der Waals surface area contributed by atoms with Crippen molar-refractivity contribution in [2.24, 2.45) is 0 Å². The summed E-state index contributed by atoms with van der Waals surface area (Å²) in [5, 5.41) is 33.7. The van der Waals surface area contributed by atoms with Crippen LogP contribution in [-0.2, 0) is 4.79 Å². The number of rotatable bonds is 52. The molecule has 3 unspecified atom stereocenters. The van der Waals surface area contributed by atoms with Gasteiger partial charge in [0.1, 0.15) is 6.10 Å². The van der Waals surface area contributed by atoms with Crippen LogP contribution in [0.3, 0.4) is 0 Å². The van der Waals surface area contributed by atoms with Crippen LogP contribution in [0, 0.1) is 0 Å². The number of unbranched alkanes of at least 4 members (excludes halogenated alkanes) is 38. The van der Waals surface area contributed by atoms with E-state index < -0.39 is 18.2 Å². The number of allylic oxidation sites excluding steroid dienone is 6. The lowest BCUT2D eigenvalue weighted by Gasteiger charge is -2.26. The summed E-state index contributed by atoms with van der Waals surface area (Å²) in [6, 6.07) is -0.828. The van der Waals surface area contributed by atoms with Gasteiger partial charge in [-0.1, -0.05) is 262 Å². The van der Waals surface area contributed by atoms with Crippen molar-refractivity contribution in [1.29, 1.82) is 0 Å². The van der Waals surface area contributed by atoms with E-state index in [0.717, 1.165) is 44.9 Å². The molecule has 5 nitrogen and oxygen atoms in total.